The number of anilines is 2. The highest BCUT2D eigenvalue weighted by molar-refractivity contribution is 5.92. The number of carbonyl (C=O) groups is 1. The molecule has 4 rings (SSSR count). The van der Waals surface area contributed by atoms with Gasteiger partial charge in [0.25, 0.3) is 5.91 Å². The van der Waals surface area contributed by atoms with Gasteiger partial charge in [-0.2, -0.15) is 0 Å². The molecule has 0 bridgehead atoms. The molecule has 0 saturated carbocycles. The molecule has 1 aliphatic heterocycles. The molecule has 1 saturated heterocycles. The molecule has 1 aliphatic rings. The second kappa shape index (κ2) is 8.59. The highest BCUT2D eigenvalue weighted by atomic mass is 16.1. The molecule has 0 aromatic carbocycles. The fraction of sp³-hybridized carbons (Fsp3) is 0.300. The van der Waals surface area contributed by atoms with Crippen LogP contribution in [0, 0.1) is 6.92 Å². The van der Waals surface area contributed by atoms with Crippen LogP contribution in [0.25, 0.3) is 0 Å². The van der Waals surface area contributed by atoms with Crippen LogP contribution in [0.5, 0.6) is 0 Å². The van der Waals surface area contributed by atoms with E-state index in [0.717, 1.165) is 43.4 Å². The summed E-state index contributed by atoms with van der Waals surface area (Å²) in [4.78, 5) is 38.5. The zero-order valence-corrected chi connectivity index (χ0v) is 16.2. The van der Waals surface area contributed by atoms with Crippen molar-refractivity contribution >= 4 is 17.8 Å². The first-order valence-corrected chi connectivity index (χ1v) is 9.49. The molecular weight excluding hydrogens is 368 g/mol. The van der Waals surface area contributed by atoms with Crippen LogP contribution >= 0.6 is 0 Å². The molecule has 3 aromatic heterocycles. The van der Waals surface area contributed by atoms with Gasteiger partial charge in [0.05, 0.1) is 0 Å². The Hall–Kier alpha value is -3.62. The number of aromatic nitrogens is 5. The quantitative estimate of drug-likeness (QED) is 0.694. The maximum absolute atomic E-state index is 12.6. The molecule has 0 spiro atoms. The standard InChI is InChI=1S/C20H22N8O/c1-15-12-17(18(29)24-14-16-4-2-5-21-13-16)26-20(25-15)28-10-8-27(9-11-28)19-22-6-3-7-23-19/h2-7,12-13H,8-11,14H2,1H3,(H,24,29). The molecule has 0 aliphatic carbocycles. The van der Waals surface area contributed by atoms with Crippen molar-refractivity contribution < 1.29 is 4.79 Å². The first-order chi connectivity index (χ1) is 14.2. The summed E-state index contributed by atoms with van der Waals surface area (Å²) in [5, 5.41) is 2.89. The number of hydrogen-bond acceptors (Lipinski definition) is 8. The van der Waals surface area contributed by atoms with Crippen molar-refractivity contribution in [2.24, 2.45) is 0 Å². The van der Waals surface area contributed by atoms with Gasteiger partial charge in [-0.05, 0) is 30.7 Å². The summed E-state index contributed by atoms with van der Waals surface area (Å²) in [6, 6.07) is 7.27. The Kier molecular flexibility index (Phi) is 5.55. The van der Waals surface area contributed by atoms with Gasteiger partial charge >= 0.3 is 0 Å². The van der Waals surface area contributed by atoms with Crippen molar-refractivity contribution in [3.05, 3.63) is 66.0 Å². The summed E-state index contributed by atoms with van der Waals surface area (Å²) in [5.41, 5.74) is 2.06. The smallest absolute Gasteiger partial charge is 0.270 e. The van der Waals surface area contributed by atoms with Gasteiger partial charge in [-0.1, -0.05) is 6.07 Å². The van der Waals surface area contributed by atoms with Gasteiger partial charge in [0.1, 0.15) is 5.69 Å². The molecular formula is C20H22N8O. The monoisotopic (exact) mass is 390 g/mol. The molecule has 1 fully saturated rings. The zero-order chi connectivity index (χ0) is 20.1. The van der Waals surface area contributed by atoms with Gasteiger partial charge < -0.3 is 15.1 Å². The normalized spacial score (nSPS) is 14.0. The fourth-order valence-corrected chi connectivity index (χ4v) is 3.15. The van der Waals surface area contributed by atoms with Crippen molar-refractivity contribution in [1.82, 2.24) is 30.2 Å². The van der Waals surface area contributed by atoms with Gasteiger partial charge in [0.15, 0.2) is 0 Å². The van der Waals surface area contributed by atoms with E-state index in [0.29, 0.717) is 18.2 Å². The van der Waals surface area contributed by atoms with E-state index < -0.39 is 0 Å². The van der Waals surface area contributed by atoms with E-state index in [1.165, 1.54) is 0 Å². The average Bonchev–Trinajstić information content (AvgIpc) is 2.78. The first kappa shape index (κ1) is 18.7. The molecule has 148 valence electrons. The minimum absolute atomic E-state index is 0.225. The van der Waals surface area contributed by atoms with Gasteiger partial charge in [0.2, 0.25) is 11.9 Å². The van der Waals surface area contributed by atoms with Crippen LogP contribution in [0.15, 0.2) is 49.1 Å². The molecule has 0 radical (unpaired) electrons. The van der Waals surface area contributed by atoms with E-state index in [4.69, 9.17) is 0 Å². The molecule has 3 aromatic rings. The van der Waals surface area contributed by atoms with E-state index >= 15 is 0 Å². The van der Waals surface area contributed by atoms with Crippen molar-refractivity contribution in [1.29, 1.82) is 0 Å². The van der Waals surface area contributed by atoms with Crippen molar-refractivity contribution in [3.8, 4) is 0 Å². The molecule has 9 heteroatoms. The van der Waals surface area contributed by atoms with Gasteiger partial charge in [-0.15, -0.1) is 0 Å². The zero-order valence-electron chi connectivity index (χ0n) is 16.2. The number of piperazine rings is 1. The number of nitrogens with one attached hydrogen (secondary N) is 1. The van der Waals surface area contributed by atoms with E-state index in [9.17, 15) is 4.79 Å². The van der Waals surface area contributed by atoms with Crippen LogP contribution in [0.1, 0.15) is 21.7 Å². The van der Waals surface area contributed by atoms with Crippen LogP contribution in [0.2, 0.25) is 0 Å². The second-order valence-corrected chi connectivity index (χ2v) is 6.76. The molecule has 0 unspecified atom stereocenters. The summed E-state index contributed by atoms with van der Waals surface area (Å²) < 4.78 is 0. The number of aryl methyl sites for hydroxylation is 1. The van der Waals surface area contributed by atoms with Crippen LogP contribution in [0.3, 0.4) is 0 Å². The lowest BCUT2D eigenvalue weighted by Crippen LogP contribution is -2.47. The van der Waals surface area contributed by atoms with E-state index in [1.54, 1.807) is 36.9 Å². The Balaban J connectivity index is 1.41. The maximum atomic E-state index is 12.6. The SMILES string of the molecule is Cc1cc(C(=O)NCc2cccnc2)nc(N2CCN(c3ncccn3)CC2)n1. The molecule has 0 atom stereocenters. The minimum Gasteiger partial charge on any atom is -0.347 e. The fourth-order valence-electron chi connectivity index (χ4n) is 3.15. The highest BCUT2D eigenvalue weighted by Crippen LogP contribution is 2.16. The number of rotatable bonds is 5. The first-order valence-electron chi connectivity index (χ1n) is 9.49. The second-order valence-electron chi connectivity index (χ2n) is 6.76. The molecule has 29 heavy (non-hydrogen) atoms. The molecule has 9 nitrogen and oxygen atoms in total. The number of nitrogens with zero attached hydrogens (tertiary/aromatic N) is 7. The topological polar surface area (TPSA) is 100 Å². The predicted octanol–water partition coefficient (Wildman–Crippen LogP) is 1.23. The lowest BCUT2D eigenvalue weighted by atomic mass is 10.2. The summed E-state index contributed by atoms with van der Waals surface area (Å²) in [7, 11) is 0. The third-order valence-corrected chi connectivity index (χ3v) is 4.65. The Morgan fingerprint density at radius 2 is 1.72 bits per heavy atom. The van der Waals surface area contributed by atoms with Crippen molar-refractivity contribution in [2.75, 3.05) is 36.0 Å². The number of hydrogen-bond donors (Lipinski definition) is 1. The third-order valence-electron chi connectivity index (χ3n) is 4.65. The third kappa shape index (κ3) is 4.63. The van der Waals surface area contributed by atoms with Crippen LogP contribution < -0.4 is 15.1 Å². The average molecular weight is 390 g/mol. The summed E-state index contributed by atoms with van der Waals surface area (Å²) >= 11 is 0. The highest BCUT2D eigenvalue weighted by Gasteiger charge is 2.22. The minimum atomic E-state index is -0.225. The van der Waals surface area contributed by atoms with Crippen LogP contribution in [-0.2, 0) is 6.54 Å². The van der Waals surface area contributed by atoms with Crippen molar-refractivity contribution in [3.63, 3.8) is 0 Å². The maximum Gasteiger partial charge on any atom is 0.270 e. The predicted molar refractivity (Wildman–Crippen MR) is 109 cm³/mol. The summed E-state index contributed by atoms with van der Waals surface area (Å²) in [5.74, 6) is 1.08. The summed E-state index contributed by atoms with van der Waals surface area (Å²) in [6.07, 6.45) is 6.92. The summed E-state index contributed by atoms with van der Waals surface area (Å²) in [6.45, 7) is 5.28. The van der Waals surface area contributed by atoms with Gasteiger partial charge in [0, 0.05) is 63.2 Å². The van der Waals surface area contributed by atoms with E-state index in [1.807, 2.05) is 19.1 Å². The Morgan fingerprint density at radius 3 is 2.41 bits per heavy atom. The number of carbonyl (C=O) groups excluding carboxylic acids is 1. The molecule has 1 N–H and O–H groups in total. The number of amides is 1. The van der Waals surface area contributed by atoms with Crippen molar-refractivity contribution in [2.45, 2.75) is 13.5 Å². The Bertz CT molecular complexity index is 959. The molecule has 4 heterocycles. The molecule has 1 amide bonds. The number of pyridine rings is 1. The largest absolute Gasteiger partial charge is 0.347 e. The Labute approximate surface area is 168 Å². The van der Waals surface area contributed by atoms with E-state index in [2.05, 4.69) is 40.0 Å². The van der Waals surface area contributed by atoms with Crippen LogP contribution in [0.4, 0.5) is 11.9 Å². The Morgan fingerprint density at radius 1 is 1.00 bits per heavy atom. The van der Waals surface area contributed by atoms with Gasteiger partial charge in [-0.25, -0.2) is 19.9 Å². The van der Waals surface area contributed by atoms with E-state index in [-0.39, 0.29) is 5.91 Å². The lowest BCUT2D eigenvalue weighted by molar-refractivity contribution is 0.0945. The van der Waals surface area contributed by atoms with Crippen LogP contribution in [-0.4, -0.2) is 57.0 Å². The lowest BCUT2D eigenvalue weighted by Gasteiger charge is -2.34. The van der Waals surface area contributed by atoms with Gasteiger partial charge in [-0.3, -0.25) is 9.78 Å².